The van der Waals surface area contributed by atoms with Crippen molar-refractivity contribution < 1.29 is 4.52 Å². The number of nitrogen functional groups attached to an aromatic ring is 1. The quantitative estimate of drug-likeness (QED) is 0.325. The first-order chi connectivity index (χ1) is 6.09. The minimum atomic E-state index is -0.0140. The molecule has 7 nitrogen and oxygen atoms in total. The van der Waals surface area contributed by atoms with Crippen LogP contribution in [0, 0.1) is 0 Å². The number of hydrogen-bond acceptors (Lipinski definition) is 6. The largest absolute Gasteiger partial charge is 0.375 e. The fourth-order valence-electron chi connectivity index (χ4n) is 0.571. The zero-order valence-electron chi connectivity index (χ0n) is 6.81. The zero-order chi connectivity index (χ0) is 9.84. The normalized spacial score (nSPS) is 11.3. The van der Waals surface area contributed by atoms with E-state index in [2.05, 4.69) is 37.4 Å². The Morgan fingerprint density at radius 1 is 1.69 bits per heavy atom. The van der Waals surface area contributed by atoms with Crippen molar-refractivity contribution in [2.75, 3.05) is 5.73 Å². The Hall–Kier alpha value is -1.70. The molecule has 0 atom stereocenters. The van der Waals surface area contributed by atoms with Crippen LogP contribution in [0.3, 0.4) is 0 Å². The molecular weight excluding hydrogens is 192 g/mol. The monoisotopic (exact) mass is 200 g/mol. The van der Waals surface area contributed by atoms with Crippen molar-refractivity contribution in [2.24, 2.45) is 10.8 Å². The number of rotatable bonds is 2. The van der Waals surface area contributed by atoms with Gasteiger partial charge in [0.05, 0.1) is 0 Å². The van der Waals surface area contributed by atoms with E-state index in [0.717, 1.165) is 0 Å². The van der Waals surface area contributed by atoms with Crippen molar-refractivity contribution in [1.29, 1.82) is 0 Å². The highest BCUT2D eigenvalue weighted by atomic mass is 32.1. The van der Waals surface area contributed by atoms with Gasteiger partial charge in [-0.15, -0.1) is 0 Å². The number of anilines is 1. The second-order valence-corrected chi connectivity index (χ2v) is 2.57. The molecule has 1 rings (SSSR count). The Labute approximate surface area is 79.2 Å². The van der Waals surface area contributed by atoms with Crippen LogP contribution in [0.1, 0.15) is 12.7 Å². The molecule has 0 unspecified atom stereocenters. The first kappa shape index (κ1) is 9.39. The second kappa shape index (κ2) is 3.81. The van der Waals surface area contributed by atoms with E-state index in [1.165, 1.54) is 0 Å². The van der Waals surface area contributed by atoms with E-state index in [-0.39, 0.29) is 11.1 Å². The van der Waals surface area contributed by atoms with Crippen LogP contribution in [0.2, 0.25) is 0 Å². The highest BCUT2D eigenvalue weighted by Crippen LogP contribution is 1.98. The van der Waals surface area contributed by atoms with Crippen molar-refractivity contribution in [1.82, 2.24) is 15.6 Å². The number of aromatic nitrogens is 2. The molecule has 0 fully saturated rings. The number of hydrazone groups is 1. The van der Waals surface area contributed by atoms with Gasteiger partial charge in [0.15, 0.2) is 5.11 Å². The van der Waals surface area contributed by atoms with E-state index in [9.17, 15) is 0 Å². The molecule has 0 aliphatic heterocycles. The molecular formula is C5H8N6OS. The van der Waals surface area contributed by atoms with Gasteiger partial charge in [-0.25, -0.2) is 0 Å². The van der Waals surface area contributed by atoms with Gasteiger partial charge in [-0.2, -0.15) is 10.1 Å². The summed E-state index contributed by atoms with van der Waals surface area (Å²) in [6.07, 6.45) is 0. The zero-order valence-corrected chi connectivity index (χ0v) is 7.63. The SMILES string of the molecule is C/C(=N\NC(N)=S)c1noc(N)n1. The minimum absolute atomic E-state index is 0.0140. The Morgan fingerprint density at radius 3 is 2.85 bits per heavy atom. The first-order valence-corrected chi connectivity index (χ1v) is 3.69. The molecule has 0 bridgehead atoms. The molecule has 1 heterocycles. The lowest BCUT2D eigenvalue weighted by atomic mass is 10.4. The second-order valence-electron chi connectivity index (χ2n) is 2.13. The molecule has 0 saturated heterocycles. The number of nitrogens with one attached hydrogen (secondary N) is 1. The van der Waals surface area contributed by atoms with E-state index in [1.807, 2.05) is 0 Å². The third kappa shape index (κ3) is 2.67. The molecule has 13 heavy (non-hydrogen) atoms. The van der Waals surface area contributed by atoms with Gasteiger partial charge in [0.1, 0.15) is 5.71 Å². The average molecular weight is 200 g/mol. The lowest BCUT2D eigenvalue weighted by Gasteiger charge is -1.95. The number of nitrogens with zero attached hydrogens (tertiary/aromatic N) is 3. The molecule has 8 heteroatoms. The van der Waals surface area contributed by atoms with Gasteiger partial charge >= 0.3 is 6.01 Å². The van der Waals surface area contributed by atoms with Gasteiger partial charge in [-0.05, 0) is 19.1 Å². The highest BCUT2D eigenvalue weighted by Gasteiger charge is 2.05. The summed E-state index contributed by atoms with van der Waals surface area (Å²) in [4.78, 5) is 3.73. The smallest absolute Gasteiger partial charge is 0.319 e. The summed E-state index contributed by atoms with van der Waals surface area (Å²) in [5, 5.41) is 7.36. The third-order valence-electron chi connectivity index (χ3n) is 1.10. The van der Waals surface area contributed by atoms with Crippen LogP contribution < -0.4 is 16.9 Å². The van der Waals surface area contributed by atoms with E-state index >= 15 is 0 Å². The number of nitrogens with two attached hydrogens (primary N) is 2. The maximum Gasteiger partial charge on any atom is 0.319 e. The summed E-state index contributed by atoms with van der Waals surface area (Å²) in [5.41, 5.74) is 13.2. The summed E-state index contributed by atoms with van der Waals surface area (Å²) in [6, 6.07) is -0.0140. The van der Waals surface area contributed by atoms with Crippen LogP contribution in [0.5, 0.6) is 0 Å². The Balaban J connectivity index is 2.72. The Morgan fingerprint density at radius 2 is 2.38 bits per heavy atom. The van der Waals surface area contributed by atoms with Crippen LogP contribution in [-0.2, 0) is 0 Å². The molecule has 70 valence electrons. The van der Waals surface area contributed by atoms with Crippen LogP contribution in [0.25, 0.3) is 0 Å². The van der Waals surface area contributed by atoms with Crippen molar-refractivity contribution in [3.63, 3.8) is 0 Å². The fourth-order valence-corrected chi connectivity index (χ4v) is 0.617. The minimum Gasteiger partial charge on any atom is -0.375 e. The molecule has 0 aromatic carbocycles. The summed E-state index contributed by atoms with van der Waals surface area (Å²) < 4.78 is 4.54. The predicted octanol–water partition coefficient (Wildman–Crippen LogP) is -0.791. The summed E-state index contributed by atoms with van der Waals surface area (Å²) in [5.74, 6) is 0.293. The van der Waals surface area contributed by atoms with Crippen molar-refractivity contribution in [3.8, 4) is 0 Å². The Bertz CT molecular complexity index is 345. The van der Waals surface area contributed by atoms with Gasteiger partial charge < -0.3 is 16.0 Å². The number of hydrogen-bond donors (Lipinski definition) is 3. The molecule has 1 aromatic rings. The van der Waals surface area contributed by atoms with Crippen LogP contribution >= 0.6 is 12.2 Å². The summed E-state index contributed by atoms with van der Waals surface area (Å²) in [7, 11) is 0. The van der Waals surface area contributed by atoms with Crippen LogP contribution in [0.4, 0.5) is 6.01 Å². The van der Waals surface area contributed by atoms with Gasteiger partial charge in [-0.1, -0.05) is 5.16 Å². The summed E-state index contributed by atoms with van der Waals surface area (Å²) >= 11 is 4.54. The van der Waals surface area contributed by atoms with E-state index in [4.69, 9.17) is 11.5 Å². The van der Waals surface area contributed by atoms with Crippen molar-refractivity contribution in [2.45, 2.75) is 6.92 Å². The fraction of sp³-hybridized carbons (Fsp3) is 0.200. The molecule has 1 aromatic heterocycles. The predicted molar refractivity (Wildman–Crippen MR) is 50.8 cm³/mol. The average Bonchev–Trinajstić information content (AvgIpc) is 2.47. The molecule has 0 spiro atoms. The van der Waals surface area contributed by atoms with E-state index in [0.29, 0.717) is 11.5 Å². The van der Waals surface area contributed by atoms with Gasteiger partial charge in [0, 0.05) is 0 Å². The molecule has 5 N–H and O–H groups in total. The van der Waals surface area contributed by atoms with Crippen molar-refractivity contribution >= 4 is 29.1 Å². The maximum atomic E-state index is 5.21. The first-order valence-electron chi connectivity index (χ1n) is 3.29. The lowest BCUT2D eigenvalue weighted by molar-refractivity contribution is 0.433. The van der Waals surface area contributed by atoms with E-state index in [1.54, 1.807) is 6.92 Å². The van der Waals surface area contributed by atoms with Gasteiger partial charge in [0.25, 0.3) is 0 Å². The van der Waals surface area contributed by atoms with E-state index < -0.39 is 0 Å². The molecule has 0 aliphatic rings. The van der Waals surface area contributed by atoms with Crippen molar-refractivity contribution in [3.05, 3.63) is 5.82 Å². The highest BCUT2D eigenvalue weighted by molar-refractivity contribution is 7.80. The lowest BCUT2D eigenvalue weighted by Crippen LogP contribution is -2.25. The molecule has 0 radical (unpaired) electrons. The Kier molecular flexibility index (Phi) is 2.75. The topological polar surface area (TPSA) is 115 Å². The number of thiocarbonyl (C=S) groups is 1. The molecule has 0 amide bonds. The molecule has 0 saturated carbocycles. The standard InChI is InChI=1S/C5H8N6OS/c1-2(9-10-5(7)13)3-8-4(6)12-11-3/h1H3,(H2,6,8,11)(H3,7,10,13)/b9-2+. The molecule has 0 aliphatic carbocycles. The van der Waals surface area contributed by atoms with Crippen LogP contribution in [0.15, 0.2) is 9.62 Å². The third-order valence-corrected chi connectivity index (χ3v) is 1.19. The van der Waals surface area contributed by atoms with Crippen LogP contribution in [-0.4, -0.2) is 21.0 Å². The van der Waals surface area contributed by atoms with Gasteiger partial charge in [-0.3, -0.25) is 5.43 Å². The maximum absolute atomic E-state index is 5.21. The summed E-state index contributed by atoms with van der Waals surface area (Å²) in [6.45, 7) is 1.66. The van der Waals surface area contributed by atoms with Gasteiger partial charge in [0.2, 0.25) is 5.82 Å².